The summed E-state index contributed by atoms with van der Waals surface area (Å²) >= 11 is 0. The van der Waals surface area contributed by atoms with Crippen molar-refractivity contribution in [2.24, 2.45) is 0 Å². The Morgan fingerprint density at radius 1 is 1.03 bits per heavy atom. The number of fused-ring (bicyclic) bond motifs is 1. The Balaban J connectivity index is 1.30. The van der Waals surface area contributed by atoms with Crippen LogP contribution < -0.4 is 0 Å². The largest absolute Gasteiger partial charge is 0.376 e. The number of piperidine rings is 1. The zero-order chi connectivity index (χ0) is 20.0. The molecule has 29 heavy (non-hydrogen) atoms. The summed E-state index contributed by atoms with van der Waals surface area (Å²) in [5.74, 6) is -1.34. The van der Waals surface area contributed by atoms with Gasteiger partial charge in [0.15, 0.2) is 5.79 Å². The van der Waals surface area contributed by atoms with Gasteiger partial charge in [-0.2, -0.15) is 0 Å². The summed E-state index contributed by atoms with van der Waals surface area (Å²) in [4.78, 5) is 41.4. The van der Waals surface area contributed by atoms with Gasteiger partial charge in [0, 0.05) is 38.1 Å². The fourth-order valence-electron chi connectivity index (χ4n) is 4.60. The maximum atomic E-state index is 13.0. The second kappa shape index (κ2) is 7.19. The van der Waals surface area contributed by atoms with E-state index in [0.717, 1.165) is 12.8 Å². The van der Waals surface area contributed by atoms with Crippen molar-refractivity contribution in [2.45, 2.75) is 37.6 Å². The van der Waals surface area contributed by atoms with E-state index in [4.69, 9.17) is 14.2 Å². The van der Waals surface area contributed by atoms with Crippen LogP contribution >= 0.6 is 0 Å². The summed E-state index contributed by atoms with van der Waals surface area (Å²) in [6, 6.07) is 4.78. The second-order valence-corrected chi connectivity index (χ2v) is 8.02. The van der Waals surface area contributed by atoms with Gasteiger partial charge < -0.3 is 19.1 Å². The number of carbonyl (C=O) groups is 3. The Hall–Kier alpha value is -2.29. The zero-order valence-corrected chi connectivity index (χ0v) is 16.2. The Kier molecular flexibility index (Phi) is 4.64. The first-order valence-corrected chi connectivity index (χ1v) is 10.3. The van der Waals surface area contributed by atoms with Gasteiger partial charge in [-0.15, -0.1) is 0 Å². The molecule has 1 atom stereocenters. The van der Waals surface area contributed by atoms with Gasteiger partial charge in [0.25, 0.3) is 17.7 Å². The molecule has 1 aromatic rings. The van der Waals surface area contributed by atoms with Crippen molar-refractivity contribution in [1.29, 1.82) is 0 Å². The normalized spacial score (nSPS) is 25.9. The van der Waals surface area contributed by atoms with E-state index in [1.165, 1.54) is 4.90 Å². The third-order valence-corrected chi connectivity index (χ3v) is 6.25. The molecule has 0 aromatic heterocycles. The first-order valence-electron chi connectivity index (χ1n) is 10.3. The monoisotopic (exact) mass is 400 g/mol. The van der Waals surface area contributed by atoms with E-state index >= 15 is 0 Å². The van der Waals surface area contributed by atoms with E-state index in [1.807, 2.05) is 0 Å². The summed E-state index contributed by atoms with van der Waals surface area (Å²) in [6.45, 7) is 3.19. The molecule has 0 saturated carbocycles. The minimum absolute atomic E-state index is 0.0981. The van der Waals surface area contributed by atoms with Gasteiger partial charge in [-0.05, 0) is 31.0 Å². The molecule has 0 N–H and O–H groups in total. The SMILES string of the molecule is O=C(c1ccc2c(c1)C(=O)N(CC1CCCO1)C2=O)N1CCC2(CC1)OCCO2. The maximum Gasteiger partial charge on any atom is 0.261 e. The third-order valence-electron chi connectivity index (χ3n) is 6.25. The summed E-state index contributed by atoms with van der Waals surface area (Å²) in [5, 5.41) is 0. The Morgan fingerprint density at radius 3 is 2.45 bits per heavy atom. The molecular weight excluding hydrogens is 376 g/mol. The smallest absolute Gasteiger partial charge is 0.261 e. The molecule has 3 fully saturated rings. The molecule has 3 amide bonds. The van der Waals surface area contributed by atoms with Gasteiger partial charge in [0.05, 0.1) is 37.0 Å². The number of nitrogens with zero attached hydrogens (tertiary/aromatic N) is 2. The van der Waals surface area contributed by atoms with Crippen molar-refractivity contribution in [1.82, 2.24) is 9.80 Å². The number of likely N-dealkylation sites (tertiary alicyclic amines) is 1. The van der Waals surface area contributed by atoms with Crippen LogP contribution in [-0.2, 0) is 14.2 Å². The Morgan fingerprint density at radius 2 is 1.76 bits per heavy atom. The molecule has 0 bridgehead atoms. The van der Waals surface area contributed by atoms with Crippen LogP contribution in [0.5, 0.6) is 0 Å². The molecule has 4 aliphatic rings. The number of hydrogen-bond donors (Lipinski definition) is 0. The van der Waals surface area contributed by atoms with E-state index in [9.17, 15) is 14.4 Å². The van der Waals surface area contributed by atoms with Crippen LogP contribution in [0.3, 0.4) is 0 Å². The van der Waals surface area contributed by atoms with Gasteiger partial charge in [-0.3, -0.25) is 19.3 Å². The van der Waals surface area contributed by atoms with Gasteiger partial charge in [0.1, 0.15) is 0 Å². The fourth-order valence-corrected chi connectivity index (χ4v) is 4.60. The van der Waals surface area contributed by atoms with Crippen LogP contribution in [0.1, 0.15) is 56.8 Å². The standard InChI is InChI=1S/C21H24N2O6/c24-18(22-7-5-21(6-8-22)28-10-11-29-21)14-3-4-16-17(12-14)20(26)23(19(16)25)13-15-2-1-9-27-15/h3-4,12,15H,1-2,5-11,13H2. The average molecular weight is 400 g/mol. The summed E-state index contributed by atoms with van der Waals surface area (Å²) in [5.41, 5.74) is 1.08. The molecule has 5 rings (SSSR count). The lowest BCUT2D eigenvalue weighted by molar-refractivity contribution is -0.181. The maximum absolute atomic E-state index is 13.0. The van der Waals surface area contributed by atoms with Crippen LogP contribution in [-0.4, -0.2) is 78.9 Å². The number of rotatable bonds is 3. The van der Waals surface area contributed by atoms with Gasteiger partial charge >= 0.3 is 0 Å². The van der Waals surface area contributed by atoms with Crippen LogP contribution in [0.15, 0.2) is 18.2 Å². The van der Waals surface area contributed by atoms with Crippen molar-refractivity contribution >= 4 is 17.7 Å². The number of amides is 3. The second-order valence-electron chi connectivity index (χ2n) is 8.02. The Bertz CT molecular complexity index is 847. The lowest BCUT2D eigenvalue weighted by Crippen LogP contribution is -2.47. The molecular formula is C21H24N2O6. The lowest BCUT2D eigenvalue weighted by Gasteiger charge is -2.37. The van der Waals surface area contributed by atoms with Crippen molar-refractivity contribution in [3.05, 3.63) is 34.9 Å². The molecule has 0 radical (unpaired) electrons. The lowest BCUT2D eigenvalue weighted by atomic mass is 10.0. The summed E-state index contributed by atoms with van der Waals surface area (Å²) < 4.78 is 17.0. The van der Waals surface area contributed by atoms with Crippen molar-refractivity contribution in [3.8, 4) is 0 Å². The van der Waals surface area contributed by atoms with Gasteiger partial charge in [-0.1, -0.05) is 0 Å². The minimum Gasteiger partial charge on any atom is -0.376 e. The van der Waals surface area contributed by atoms with Crippen LogP contribution in [0.25, 0.3) is 0 Å². The number of ether oxygens (including phenoxy) is 3. The number of carbonyl (C=O) groups excluding carboxylic acids is 3. The van der Waals surface area contributed by atoms with E-state index in [-0.39, 0.29) is 30.4 Å². The molecule has 154 valence electrons. The van der Waals surface area contributed by atoms with Crippen molar-refractivity contribution < 1.29 is 28.6 Å². The highest BCUT2D eigenvalue weighted by atomic mass is 16.7. The summed E-state index contributed by atoms with van der Waals surface area (Å²) in [7, 11) is 0. The third kappa shape index (κ3) is 3.25. The molecule has 1 aromatic carbocycles. The minimum atomic E-state index is -0.542. The number of imide groups is 1. The molecule has 4 heterocycles. The topological polar surface area (TPSA) is 85.4 Å². The van der Waals surface area contributed by atoms with E-state index < -0.39 is 5.79 Å². The van der Waals surface area contributed by atoms with Crippen molar-refractivity contribution in [3.63, 3.8) is 0 Å². The fraction of sp³-hybridized carbons (Fsp3) is 0.571. The van der Waals surface area contributed by atoms with Crippen molar-refractivity contribution in [2.75, 3.05) is 39.5 Å². The molecule has 0 aliphatic carbocycles. The quantitative estimate of drug-likeness (QED) is 0.714. The van der Waals surface area contributed by atoms with Crippen LogP contribution in [0, 0.1) is 0 Å². The summed E-state index contributed by atoms with van der Waals surface area (Å²) in [6.07, 6.45) is 2.96. The highest BCUT2D eigenvalue weighted by molar-refractivity contribution is 6.22. The first-order chi connectivity index (χ1) is 14.1. The van der Waals surface area contributed by atoms with Crippen LogP contribution in [0.4, 0.5) is 0 Å². The average Bonchev–Trinajstić information content (AvgIpc) is 3.47. The van der Waals surface area contributed by atoms with E-state index in [1.54, 1.807) is 23.1 Å². The van der Waals surface area contributed by atoms with Crippen LogP contribution in [0.2, 0.25) is 0 Å². The molecule has 4 aliphatic heterocycles. The predicted molar refractivity (Wildman–Crippen MR) is 101 cm³/mol. The molecule has 8 heteroatoms. The highest BCUT2D eigenvalue weighted by Crippen LogP contribution is 2.32. The molecule has 8 nitrogen and oxygen atoms in total. The first kappa shape index (κ1) is 18.7. The highest BCUT2D eigenvalue weighted by Gasteiger charge is 2.42. The van der Waals surface area contributed by atoms with Gasteiger partial charge in [0.2, 0.25) is 0 Å². The molecule has 3 saturated heterocycles. The molecule has 1 spiro atoms. The zero-order valence-electron chi connectivity index (χ0n) is 16.2. The predicted octanol–water partition coefficient (Wildman–Crippen LogP) is 1.44. The van der Waals surface area contributed by atoms with E-state index in [0.29, 0.717) is 62.4 Å². The molecule has 1 unspecified atom stereocenters. The number of benzene rings is 1. The van der Waals surface area contributed by atoms with E-state index in [2.05, 4.69) is 0 Å². The Labute approximate surface area is 168 Å². The van der Waals surface area contributed by atoms with Gasteiger partial charge in [-0.25, -0.2) is 0 Å². The number of hydrogen-bond acceptors (Lipinski definition) is 6.